The number of hydrogen-bond donors (Lipinski definition) is 2. The van der Waals surface area contributed by atoms with Crippen molar-refractivity contribution in [3.8, 4) is 17.2 Å². The largest absolute Gasteiger partial charge is 0.504 e. The predicted molar refractivity (Wildman–Crippen MR) is 118 cm³/mol. The van der Waals surface area contributed by atoms with Gasteiger partial charge in [-0.2, -0.15) is 0 Å². The van der Waals surface area contributed by atoms with Gasteiger partial charge in [-0.3, -0.25) is 9.80 Å². The molecule has 0 unspecified atom stereocenters. The lowest BCUT2D eigenvalue weighted by Gasteiger charge is -2.42. The molecule has 1 aliphatic heterocycles. The summed E-state index contributed by atoms with van der Waals surface area (Å²) in [5, 5.41) is 20.1. The molecule has 1 saturated heterocycles. The number of rotatable bonds is 8. The van der Waals surface area contributed by atoms with E-state index in [-0.39, 0.29) is 18.4 Å². The molecule has 0 radical (unpaired) electrons. The minimum Gasteiger partial charge on any atom is -0.504 e. The molecule has 1 aliphatic rings. The minimum absolute atomic E-state index is 0.167. The van der Waals surface area contributed by atoms with Gasteiger partial charge in [0.25, 0.3) is 0 Å². The molecule has 6 nitrogen and oxygen atoms in total. The van der Waals surface area contributed by atoms with E-state index in [1.165, 1.54) is 16.7 Å². The van der Waals surface area contributed by atoms with E-state index in [0.717, 1.165) is 43.9 Å². The molecule has 2 aromatic carbocycles. The molecule has 1 atom stereocenters. The van der Waals surface area contributed by atoms with Crippen LogP contribution in [0.3, 0.4) is 0 Å². The fourth-order valence-electron chi connectivity index (χ4n) is 4.30. The average Bonchev–Trinajstić information content (AvgIpc) is 2.75. The molecular weight excluding hydrogens is 380 g/mol. The lowest BCUT2D eigenvalue weighted by molar-refractivity contribution is 0.0494. The molecule has 1 fully saturated rings. The predicted octanol–water partition coefficient (Wildman–Crippen LogP) is 3.10. The lowest BCUT2D eigenvalue weighted by atomic mass is 10.00. The van der Waals surface area contributed by atoms with Gasteiger partial charge in [-0.1, -0.05) is 18.2 Å². The standard InChI is InChI=1S/C24H34N2O4/c1-17-18(2)22(29-3)9-8-19(17)15-26-12-11-25(16-21(26)10-13-27)14-20-6-5-7-23(30-4)24(20)28/h5-9,21,27-28H,10-16H2,1-4H3/t21-/m0/s1. The van der Waals surface area contributed by atoms with E-state index in [2.05, 4.69) is 29.7 Å². The van der Waals surface area contributed by atoms with Crippen molar-refractivity contribution in [3.05, 3.63) is 52.6 Å². The number of hydrogen-bond acceptors (Lipinski definition) is 6. The van der Waals surface area contributed by atoms with Gasteiger partial charge < -0.3 is 19.7 Å². The van der Waals surface area contributed by atoms with E-state index >= 15 is 0 Å². The molecule has 30 heavy (non-hydrogen) atoms. The first kappa shape index (κ1) is 22.4. The molecule has 0 bridgehead atoms. The second kappa shape index (κ2) is 10.2. The Balaban J connectivity index is 1.71. The SMILES string of the molecule is COc1ccc(CN2CCN(Cc3cccc(OC)c3O)C[C@@H]2CCO)c(C)c1C. The van der Waals surface area contributed by atoms with Crippen molar-refractivity contribution in [1.82, 2.24) is 9.80 Å². The molecule has 0 spiro atoms. The summed E-state index contributed by atoms with van der Waals surface area (Å²) in [6, 6.07) is 10.1. The second-order valence-corrected chi connectivity index (χ2v) is 8.02. The van der Waals surface area contributed by atoms with Crippen LogP contribution in [0.5, 0.6) is 17.2 Å². The maximum absolute atomic E-state index is 10.4. The zero-order chi connectivity index (χ0) is 21.7. The summed E-state index contributed by atoms with van der Waals surface area (Å²) in [7, 11) is 3.27. The summed E-state index contributed by atoms with van der Waals surface area (Å²) in [6.45, 7) is 8.62. The lowest BCUT2D eigenvalue weighted by Crippen LogP contribution is -2.52. The van der Waals surface area contributed by atoms with Gasteiger partial charge in [0, 0.05) is 50.9 Å². The fourth-order valence-corrected chi connectivity index (χ4v) is 4.30. The highest BCUT2D eigenvalue weighted by molar-refractivity contribution is 5.45. The number of piperazine rings is 1. The van der Waals surface area contributed by atoms with Gasteiger partial charge in [0.15, 0.2) is 11.5 Å². The van der Waals surface area contributed by atoms with Crippen LogP contribution in [0, 0.1) is 13.8 Å². The van der Waals surface area contributed by atoms with Crippen molar-refractivity contribution in [2.24, 2.45) is 0 Å². The summed E-state index contributed by atoms with van der Waals surface area (Å²) in [5.41, 5.74) is 4.61. The molecule has 164 valence electrons. The third-order valence-corrected chi connectivity index (χ3v) is 6.29. The molecule has 1 heterocycles. The Bertz CT molecular complexity index is 855. The van der Waals surface area contributed by atoms with E-state index in [1.54, 1.807) is 20.3 Å². The van der Waals surface area contributed by atoms with E-state index in [4.69, 9.17) is 9.47 Å². The molecule has 6 heteroatoms. The number of methoxy groups -OCH3 is 2. The van der Waals surface area contributed by atoms with Crippen LogP contribution in [0.25, 0.3) is 0 Å². The van der Waals surface area contributed by atoms with Crippen LogP contribution in [-0.4, -0.2) is 66.5 Å². The second-order valence-electron chi connectivity index (χ2n) is 8.02. The zero-order valence-corrected chi connectivity index (χ0v) is 18.5. The maximum atomic E-state index is 10.4. The van der Waals surface area contributed by atoms with Crippen molar-refractivity contribution < 1.29 is 19.7 Å². The van der Waals surface area contributed by atoms with Gasteiger partial charge in [0.2, 0.25) is 0 Å². The third-order valence-electron chi connectivity index (χ3n) is 6.29. The van der Waals surface area contributed by atoms with E-state index in [1.807, 2.05) is 18.2 Å². The summed E-state index contributed by atoms with van der Waals surface area (Å²) in [6.07, 6.45) is 0.731. The average molecular weight is 415 g/mol. The Hall–Kier alpha value is -2.28. The number of phenols is 1. The summed E-state index contributed by atoms with van der Waals surface area (Å²) < 4.78 is 10.7. The zero-order valence-electron chi connectivity index (χ0n) is 18.5. The number of para-hydroxylation sites is 1. The van der Waals surface area contributed by atoms with E-state index in [9.17, 15) is 10.2 Å². The Morgan fingerprint density at radius 1 is 0.933 bits per heavy atom. The van der Waals surface area contributed by atoms with Crippen LogP contribution >= 0.6 is 0 Å². The number of ether oxygens (including phenoxy) is 2. The first-order chi connectivity index (χ1) is 14.5. The topological polar surface area (TPSA) is 65.4 Å². The number of benzene rings is 2. The van der Waals surface area contributed by atoms with Gasteiger partial charge in [0.1, 0.15) is 5.75 Å². The molecule has 0 aliphatic carbocycles. The van der Waals surface area contributed by atoms with Crippen LogP contribution in [-0.2, 0) is 13.1 Å². The number of aliphatic hydroxyl groups excluding tert-OH is 1. The third kappa shape index (κ3) is 4.89. The normalized spacial score (nSPS) is 17.8. The number of aromatic hydroxyl groups is 1. The molecule has 0 amide bonds. The fraction of sp³-hybridized carbons (Fsp3) is 0.500. The highest BCUT2D eigenvalue weighted by Gasteiger charge is 2.28. The maximum Gasteiger partial charge on any atom is 0.162 e. The first-order valence-corrected chi connectivity index (χ1v) is 10.5. The van der Waals surface area contributed by atoms with Crippen LogP contribution in [0.4, 0.5) is 0 Å². The van der Waals surface area contributed by atoms with Crippen LogP contribution in [0.1, 0.15) is 28.7 Å². The number of phenolic OH excluding ortho intramolecular Hbond substituents is 1. The van der Waals surface area contributed by atoms with E-state index in [0.29, 0.717) is 12.3 Å². The van der Waals surface area contributed by atoms with Crippen LogP contribution in [0.15, 0.2) is 30.3 Å². The summed E-state index contributed by atoms with van der Waals surface area (Å²) in [5.74, 6) is 1.64. The quantitative estimate of drug-likeness (QED) is 0.692. The van der Waals surface area contributed by atoms with Crippen LogP contribution < -0.4 is 9.47 Å². The van der Waals surface area contributed by atoms with Crippen molar-refractivity contribution in [2.75, 3.05) is 40.5 Å². The van der Waals surface area contributed by atoms with Gasteiger partial charge in [-0.15, -0.1) is 0 Å². The highest BCUT2D eigenvalue weighted by Crippen LogP contribution is 2.31. The monoisotopic (exact) mass is 414 g/mol. The van der Waals surface area contributed by atoms with Gasteiger partial charge in [-0.05, 0) is 49.1 Å². The molecule has 0 aromatic heterocycles. The molecule has 3 rings (SSSR count). The molecule has 2 N–H and O–H groups in total. The van der Waals surface area contributed by atoms with Gasteiger partial charge in [-0.25, -0.2) is 0 Å². The Morgan fingerprint density at radius 3 is 2.40 bits per heavy atom. The van der Waals surface area contributed by atoms with Crippen LogP contribution in [0.2, 0.25) is 0 Å². The Kier molecular flexibility index (Phi) is 7.58. The highest BCUT2D eigenvalue weighted by atomic mass is 16.5. The van der Waals surface area contributed by atoms with Crippen molar-refractivity contribution in [2.45, 2.75) is 39.4 Å². The smallest absolute Gasteiger partial charge is 0.162 e. The van der Waals surface area contributed by atoms with Crippen molar-refractivity contribution >= 4 is 0 Å². The summed E-state index contributed by atoms with van der Waals surface area (Å²) in [4.78, 5) is 4.81. The van der Waals surface area contributed by atoms with Gasteiger partial charge in [0.05, 0.1) is 14.2 Å². The molecule has 2 aromatic rings. The van der Waals surface area contributed by atoms with Crippen molar-refractivity contribution in [3.63, 3.8) is 0 Å². The molecular formula is C24H34N2O4. The summed E-state index contributed by atoms with van der Waals surface area (Å²) >= 11 is 0. The number of nitrogens with zero attached hydrogens (tertiary/aromatic N) is 2. The number of aliphatic hydroxyl groups is 1. The Morgan fingerprint density at radius 2 is 1.70 bits per heavy atom. The first-order valence-electron chi connectivity index (χ1n) is 10.5. The van der Waals surface area contributed by atoms with Gasteiger partial charge >= 0.3 is 0 Å². The molecule has 0 saturated carbocycles. The Labute approximate surface area is 179 Å². The van der Waals surface area contributed by atoms with E-state index < -0.39 is 0 Å². The minimum atomic E-state index is 0.167. The van der Waals surface area contributed by atoms with Crippen molar-refractivity contribution in [1.29, 1.82) is 0 Å².